The summed E-state index contributed by atoms with van der Waals surface area (Å²) in [4.78, 5) is 27.5. The molecule has 8 heteroatoms. The maximum absolute atomic E-state index is 13.8. The van der Waals surface area contributed by atoms with E-state index in [1.807, 2.05) is 38.1 Å². The Bertz CT molecular complexity index is 1510. The lowest BCUT2D eigenvalue weighted by atomic mass is 10.2. The Morgan fingerprint density at radius 1 is 1.10 bits per heavy atom. The molecule has 3 aromatic heterocycles. The molecule has 0 spiro atoms. The molecule has 0 saturated heterocycles. The third-order valence-electron chi connectivity index (χ3n) is 5.42. The van der Waals surface area contributed by atoms with Gasteiger partial charge in [-0.15, -0.1) is 0 Å². The predicted octanol–water partition coefficient (Wildman–Crippen LogP) is 5.05. The zero-order valence-electron chi connectivity index (χ0n) is 16.3. The van der Waals surface area contributed by atoms with Gasteiger partial charge in [-0.05, 0) is 43.7 Å². The minimum absolute atomic E-state index is 0.0125. The summed E-state index contributed by atoms with van der Waals surface area (Å²) in [6.07, 6.45) is 2.33. The monoisotopic (exact) mass is 421 g/mol. The van der Waals surface area contributed by atoms with E-state index in [-0.39, 0.29) is 16.6 Å². The molecular weight excluding hydrogens is 405 g/mol. The van der Waals surface area contributed by atoms with Crippen LogP contribution in [0.2, 0.25) is 5.02 Å². The Hall–Kier alpha value is -3.32. The summed E-state index contributed by atoms with van der Waals surface area (Å²) in [5.74, 6) is -0.523. The Morgan fingerprint density at radius 2 is 1.83 bits per heavy atom. The molecule has 0 bridgehead atoms. The van der Waals surface area contributed by atoms with Crippen molar-refractivity contribution < 1.29 is 4.39 Å². The van der Waals surface area contributed by atoms with E-state index in [4.69, 9.17) is 21.6 Å². The Kier molecular flexibility index (Phi) is 4.29. The number of benzene rings is 2. The lowest BCUT2D eigenvalue weighted by Crippen LogP contribution is -2.23. The fraction of sp³-hybridized carbons (Fsp3) is 0.182. The van der Waals surface area contributed by atoms with Crippen molar-refractivity contribution in [3.8, 4) is 5.69 Å². The average molecular weight is 422 g/mol. The number of hydrogen-bond acceptors (Lipinski definition) is 4. The summed E-state index contributed by atoms with van der Waals surface area (Å²) >= 11 is 6.03. The van der Waals surface area contributed by atoms with E-state index in [9.17, 15) is 9.18 Å². The molecule has 1 unspecified atom stereocenters. The van der Waals surface area contributed by atoms with Crippen LogP contribution in [0.1, 0.15) is 26.3 Å². The van der Waals surface area contributed by atoms with E-state index in [0.717, 1.165) is 6.42 Å². The highest BCUT2D eigenvalue weighted by Crippen LogP contribution is 2.30. The SMILES string of the molecule is CCC(C)n1cnc2c(c1=O)c1nc3ccccc3nc1n2-c1ccc(F)c(Cl)c1. The van der Waals surface area contributed by atoms with E-state index in [1.165, 1.54) is 12.1 Å². The van der Waals surface area contributed by atoms with Crippen molar-refractivity contribution in [2.75, 3.05) is 0 Å². The van der Waals surface area contributed by atoms with Crippen molar-refractivity contribution in [1.82, 2.24) is 24.1 Å². The molecule has 3 heterocycles. The van der Waals surface area contributed by atoms with Crippen molar-refractivity contribution in [2.45, 2.75) is 26.3 Å². The van der Waals surface area contributed by atoms with Gasteiger partial charge in [-0.3, -0.25) is 13.9 Å². The van der Waals surface area contributed by atoms with Crippen LogP contribution in [0.4, 0.5) is 4.39 Å². The number of aromatic nitrogens is 5. The lowest BCUT2D eigenvalue weighted by Gasteiger charge is -2.12. The normalized spacial score (nSPS) is 12.8. The van der Waals surface area contributed by atoms with Crippen LogP contribution in [0, 0.1) is 5.82 Å². The first-order valence-electron chi connectivity index (χ1n) is 9.63. The molecule has 5 aromatic rings. The molecule has 30 heavy (non-hydrogen) atoms. The Morgan fingerprint density at radius 3 is 2.53 bits per heavy atom. The van der Waals surface area contributed by atoms with Gasteiger partial charge in [0.2, 0.25) is 0 Å². The van der Waals surface area contributed by atoms with Crippen molar-refractivity contribution >= 4 is 44.8 Å². The fourth-order valence-corrected chi connectivity index (χ4v) is 3.80. The van der Waals surface area contributed by atoms with Crippen LogP contribution < -0.4 is 5.56 Å². The van der Waals surface area contributed by atoms with Gasteiger partial charge >= 0.3 is 0 Å². The second-order valence-electron chi connectivity index (χ2n) is 7.23. The molecule has 0 fully saturated rings. The van der Waals surface area contributed by atoms with Crippen molar-refractivity contribution in [2.24, 2.45) is 0 Å². The topological polar surface area (TPSA) is 65.6 Å². The predicted molar refractivity (Wildman–Crippen MR) is 116 cm³/mol. The summed E-state index contributed by atoms with van der Waals surface area (Å²) in [6, 6.07) is 11.8. The largest absolute Gasteiger partial charge is 0.296 e. The molecule has 0 saturated carbocycles. The van der Waals surface area contributed by atoms with E-state index < -0.39 is 5.82 Å². The van der Waals surface area contributed by atoms with Gasteiger partial charge in [0, 0.05) is 6.04 Å². The first-order valence-corrected chi connectivity index (χ1v) is 10.0. The lowest BCUT2D eigenvalue weighted by molar-refractivity contribution is 0.510. The number of halogens is 2. The first kappa shape index (κ1) is 18.7. The number of rotatable bonds is 3. The number of para-hydroxylation sites is 2. The van der Waals surface area contributed by atoms with Crippen LogP contribution in [0.5, 0.6) is 0 Å². The van der Waals surface area contributed by atoms with Crippen LogP contribution in [-0.4, -0.2) is 24.1 Å². The molecule has 0 N–H and O–H groups in total. The average Bonchev–Trinajstić information content (AvgIpc) is 3.07. The molecule has 0 radical (unpaired) electrons. The maximum atomic E-state index is 13.8. The van der Waals surface area contributed by atoms with Crippen molar-refractivity contribution in [1.29, 1.82) is 0 Å². The maximum Gasteiger partial charge on any atom is 0.265 e. The summed E-state index contributed by atoms with van der Waals surface area (Å²) in [6.45, 7) is 3.98. The van der Waals surface area contributed by atoms with Crippen molar-refractivity contribution in [3.63, 3.8) is 0 Å². The smallest absolute Gasteiger partial charge is 0.265 e. The van der Waals surface area contributed by atoms with Crippen LogP contribution in [0.15, 0.2) is 53.6 Å². The molecule has 2 aromatic carbocycles. The second-order valence-corrected chi connectivity index (χ2v) is 7.64. The van der Waals surface area contributed by atoms with Crippen LogP contribution in [0.3, 0.4) is 0 Å². The van der Waals surface area contributed by atoms with E-state index in [2.05, 4.69) is 4.98 Å². The van der Waals surface area contributed by atoms with E-state index in [0.29, 0.717) is 38.9 Å². The van der Waals surface area contributed by atoms with Gasteiger partial charge in [-0.25, -0.2) is 19.3 Å². The summed E-state index contributed by atoms with van der Waals surface area (Å²) in [7, 11) is 0. The summed E-state index contributed by atoms with van der Waals surface area (Å²) in [5.41, 5.74) is 3.07. The van der Waals surface area contributed by atoms with Gasteiger partial charge < -0.3 is 0 Å². The molecule has 150 valence electrons. The summed E-state index contributed by atoms with van der Waals surface area (Å²) < 4.78 is 17.1. The third kappa shape index (κ3) is 2.69. The highest BCUT2D eigenvalue weighted by molar-refractivity contribution is 6.31. The zero-order valence-corrected chi connectivity index (χ0v) is 17.1. The highest BCUT2D eigenvalue weighted by atomic mass is 35.5. The van der Waals surface area contributed by atoms with Crippen LogP contribution in [0.25, 0.3) is 38.9 Å². The fourth-order valence-electron chi connectivity index (χ4n) is 3.63. The second kappa shape index (κ2) is 6.88. The number of fused-ring (bicyclic) bond motifs is 4. The summed E-state index contributed by atoms with van der Waals surface area (Å²) in [5, 5.41) is 0.357. The number of hydrogen-bond donors (Lipinski definition) is 0. The van der Waals surface area contributed by atoms with Crippen LogP contribution in [-0.2, 0) is 0 Å². The molecule has 0 amide bonds. The molecule has 6 nitrogen and oxygen atoms in total. The highest BCUT2D eigenvalue weighted by Gasteiger charge is 2.22. The number of nitrogens with zero attached hydrogens (tertiary/aromatic N) is 5. The standard InChI is InChI=1S/C22H17ClFN5O/c1-3-12(2)28-11-25-20-18(22(28)30)19-21(27-17-7-5-4-6-16(17)26-19)29(20)13-8-9-15(24)14(23)10-13/h4-12H,3H2,1-2H3. The third-order valence-corrected chi connectivity index (χ3v) is 5.71. The minimum atomic E-state index is -0.523. The van der Waals surface area contributed by atoms with Gasteiger partial charge in [0.25, 0.3) is 5.56 Å². The molecule has 1 atom stereocenters. The molecule has 0 aliphatic carbocycles. The van der Waals surface area contributed by atoms with Gasteiger partial charge in [0.1, 0.15) is 23.0 Å². The van der Waals surface area contributed by atoms with Gasteiger partial charge in [-0.2, -0.15) is 0 Å². The molecular formula is C22H17ClFN5O. The Labute approximate surface area is 175 Å². The van der Waals surface area contributed by atoms with E-state index in [1.54, 1.807) is 21.5 Å². The molecule has 0 aliphatic heterocycles. The quantitative estimate of drug-likeness (QED) is 0.409. The minimum Gasteiger partial charge on any atom is -0.296 e. The van der Waals surface area contributed by atoms with Crippen LogP contribution >= 0.6 is 11.6 Å². The van der Waals surface area contributed by atoms with Gasteiger partial charge in [0.05, 0.1) is 21.7 Å². The molecule has 0 aliphatic rings. The Balaban J connectivity index is 1.98. The zero-order chi connectivity index (χ0) is 21.0. The van der Waals surface area contributed by atoms with E-state index >= 15 is 0 Å². The van der Waals surface area contributed by atoms with Crippen molar-refractivity contribution in [3.05, 3.63) is 70.0 Å². The van der Waals surface area contributed by atoms with Gasteiger partial charge in [0.15, 0.2) is 11.3 Å². The molecule has 5 rings (SSSR count). The first-order chi connectivity index (χ1) is 14.5. The van der Waals surface area contributed by atoms with Gasteiger partial charge in [-0.1, -0.05) is 30.7 Å².